The van der Waals surface area contributed by atoms with Crippen LogP contribution in [0.3, 0.4) is 0 Å². The molecule has 4 heterocycles. The Hall–Kier alpha value is -2.67. The Labute approximate surface area is 191 Å². The number of nitrogens with zero attached hydrogens (tertiary/aromatic N) is 4. The summed E-state index contributed by atoms with van der Waals surface area (Å²) < 4.78 is 82.6. The van der Waals surface area contributed by atoms with Crippen molar-refractivity contribution in [1.29, 1.82) is 0 Å². The highest BCUT2D eigenvalue weighted by molar-refractivity contribution is 5.77. The van der Waals surface area contributed by atoms with Crippen LogP contribution in [0, 0.1) is 11.8 Å². The number of hydrogen-bond acceptors (Lipinski definition) is 6. The second-order valence-corrected chi connectivity index (χ2v) is 8.50. The summed E-state index contributed by atoms with van der Waals surface area (Å²) >= 11 is 0. The zero-order valence-electron chi connectivity index (χ0n) is 18.1. The van der Waals surface area contributed by atoms with E-state index in [1.165, 1.54) is 0 Å². The van der Waals surface area contributed by atoms with Crippen LogP contribution in [-0.4, -0.2) is 69.8 Å². The number of carbonyl (C=O) groups excluding carboxylic acids is 1. The van der Waals surface area contributed by atoms with Crippen LogP contribution >= 0.6 is 0 Å². The molecule has 0 aromatic carbocycles. The maximum absolute atomic E-state index is 12.8. The normalized spacial score (nSPS) is 23.5. The van der Waals surface area contributed by atoms with Crippen molar-refractivity contribution in [3.05, 3.63) is 36.3 Å². The molecule has 2 aliphatic rings. The van der Waals surface area contributed by atoms with Crippen molar-refractivity contribution < 1.29 is 35.9 Å². The van der Waals surface area contributed by atoms with Gasteiger partial charge in [0, 0.05) is 68.4 Å². The molecular formula is C21H23F6N5O2. The third-order valence-corrected chi connectivity index (χ3v) is 6.17. The number of aryl methyl sites for hydroxylation is 1. The molecule has 0 saturated carbocycles. The summed E-state index contributed by atoms with van der Waals surface area (Å²) in [5, 5.41) is 7.33. The number of halogens is 6. The number of hydrogen-bond donors (Lipinski definition) is 1. The number of nitrogens with one attached hydrogen (secondary N) is 1. The number of pyridine rings is 1. The summed E-state index contributed by atoms with van der Waals surface area (Å²) in [6.07, 6.45) is -10.4. The van der Waals surface area contributed by atoms with E-state index in [9.17, 15) is 31.1 Å². The summed E-state index contributed by atoms with van der Waals surface area (Å²) in [5.41, 5.74) is 2.49. The first-order chi connectivity index (χ1) is 16.0. The van der Waals surface area contributed by atoms with E-state index in [2.05, 4.69) is 20.1 Å². The Morgan fingerprint density at radius 3 is 2.59 bits per heavy atom. The highest BCUT2D eigenvalue weighted by Gasteiger charge is 2.61. The third-order valence-electron chi connectivity index (χ3n) is 6.17. The van der Waals surface area contributed by atoms with Gasteiger partial charge in [0.15, 0.2) is 0 Å². The van der Waals surface area contributed by atoms with Gasteiger partial charge in [-0.2, -0.15) is 31.4 Å². The summed E-state index contributed by atoms with van der Waals surface area (Å²) in [6.45, 7) is 4.22. The molecule has 2 aliphatic heterocycles. The number of fused-ring (bicyclic) bond motifs is 1. The number of rotatable bonds is 6. The second-order valence-electron chi connectivity index (χ2n) is 8.50. The fraction of sp³-hybridized carbons (Fsp3) is 0.571. The highest BCUT2D eigenvalue weighted by Crippen LogP contribution is 2.38. The van der Waals surface area contributed by atoms with E-state index in [0.29, 0.717) is 32.7 Å². The minimum Gasteiger partial charge on any atom is -0.442 e. The van der Waals surface area contributed by atoms with Crippen molar-refractivity contribution in [2.45, 2.75) is 44.5 Å². The lowest BCUT2D eigenvalue weighted by Crippen LogP contribution is -2.49. The van der Waals surface area contributed by atoms with Crippen molar-refractivity contribution in [2.24, 2.45) is 11.8 Å². The molecule has 34 heavy (non-hydrogen) atoms. The third kappa shape index (κ3) is 5.04. The Morgan fingerprint density at radius 1 is 1.24 bits per heavy atom. The Balaban J connectivity index is 1.46. The lowest BCUT2D eigenvalue weighted by molar-refractivity contribution is -0.314. The van der Waals surface area contributed by atoms with Gasteiger partial charge in [0.2, 0.25) is 0 Å². The van der Waals surface area contributed by atoms with Gasteiger partial charge in [-0.1, -0.05) is 0 Å². The fourth-order valence-electron chi connectivity index (χ4n) is 4.64. The summed E-state index contributed by atoms with van der Waals surface area (Å²) in [7, 11) is 0. The van der Waals surface area contributed by atoms with Crippen molar-refractivity contribution in [3.63, 3.8) is 0 Å². The number of carbonyl (C=O) groups is 1. The number of aromatic nitrogens is 3. The molecule has 13 heteroatoms. The van der Waals surface area contributed by atoms with Crippen LogP contribution in [0.1, 0.15) is 12.5 Å². The van der Waals surface area contributed by atoms with Gasteiger partial charge in [-0.3, -0.25) is 19.4 Å². The molecule has 2 fully saturated rings. The van der Waals surface area contributed by atoms with Crippen molar-refractivity contribution >= 4 is 5.97 Å². The number of ether oxygens (including phenoxy) is 1. The monoisotopic (exact) mass is 491 g/mol. The molecule has 0 aliphatic carbocycles. The highest BCUT2D eigenvalue weighted by atomic mass is 19.4. The summed E-state index contributed by atoms with van der Waals surface area (Å²) in [4.78, 5) is 18.5. The van der Waals surface area contributed by atoms with Crippen molar-refractivity contribution in [3.8, 4) is 11.3 Å². The van der Waals surface area contributed by atoms with Crippen LogP contribution in [0.5, 0.6) is 0 Å². The van der Waals surface area contributed by atoms with Crippen LogP contribution in [-0.2, 0) is 22.6 Å². The number of likely N-dealkylation sites (tertiary alicyclic amines) is 1. The van der Waals surface area contributed by atoms with E-state index in [1.807, 2.05) is 24.1 Å². The molecule has 186 valence electrons. The van der Waals surface area contributed by atoms with Gasteiger partial charge in [-0.05, 0) is 25.0 Å². The average Bonchev–Trinajstić information content (AvgIpc) is 3.45. The predicted molar refractivity (Wildman–Crippen MR) is 107 cm³/mol. The average molecular weight is 491 g/mol. The van der Waals surface area contributed by atoms with E-state index < -0.39 is 36.4 Å². The van der Waals surface area contributed by atoms with E-state index in [4.69, 9.17) is 0 Å². The maximum atomic E-state index is 12.8. The zero-order valence-corrected chi connectivity index (χ0v) is 18.1. The first-order valence-corrected chi connectivity index (χ1v) is 10.7. The second kappa shape index (κ2) is 9.17. The largest absolute Gasteiger partial charge is 0.442 e. The standard InChI is InChI=1S/C21H23F6N5O2/c1-2-32-10-14(16(30-32)12-4-3-5-28-6-12)9-31-8-13-7-29-17(15(13)11-31)18(33)34-19(20(22,23)24)21(25,26)27/h3-6,10,13,15,17,19,29H,2,7-9,11H2,1H3. The van der Waals surface area contributed by atoms with E-state index in [1.54, 1.807) is 23.1 Å². The Kier molecular flexibility index (Phi) is 6.60. The molecule has 1 N–H and O–H groups in total. The first-order valence-electron chi connectivity index (χ1n) is 10.7. The van der Waals surface area contributed by atoms with Crippen LogP contribution < -0.4 is 5.32 Å². The van der Waals surface area contributed by atoms with Crippen LogP contribution in [0.4, 0.5) is 26.3 Å². The molecule has 2 saturated heterocycles. The molecule has 0 spiro atoms. The molecule has 2 aromatic heterocycles. The van der Waals surface area contributed by atoms with Gasteiger partial charge < -0.3 is 10.1 Å². The van der Waals surface area contributed by atoms with E-state index in [0.717, 1.165) is 16.8 Å². The summed E-state index contributed by atoms with van der Waals surface area (Å²) in [6, 6.07) is 2.44. The van der Waals surface area contributed by atoms with Crippen LogP contribution in [0.15, 0.2) is 30.7 Å². The SMILES string of the molecule is CCn1cc(CN2CC3CNC(C(=O)OC(C(F)(F)F)C(F)(F)F)C3C2)c(-c2cccnc2)n1. The molecule has 0 radical (unpaired) electrons. The smallest absolute Gasteiger partial charge is 0.434 e. The first kappa shape index (κ1) is 24.5. The minimum atomic E-state index is -5.74. The molecule has 4 rings (SSSR count). The Bertz CT molecular complexity index is 995. The molecule has 0 amide bonds. The number of alkyl halides is 6. The molecule has 7 nitrogen and oxygen atoms in total. The van der Waals surface area contributed by atoms with Gasteiger partial charge in [0.05, 0.1) is 5.69 Å². The molecule has 2 aromatic rings. The van der Waals surface area contributed by atoms with Crippen molar-refractivity contribution in [1.82, 2.24) is 25.0 Å². The van der Waals surface area contributed by atoms with Gasteiger partial charge in [-0.15, -0.1) is 0 Å². The van der Waals surface area contributed by atoms with Gasteiger partial charge in [0.1, 0.15) is 6.04 Å². The minimum absolute atomic E-state index is 0.101. The fourth-order valence-corrected chi connectivity index (χ4v) is 4.64. The predicted octanol–water partition coefficient (Wildman–Crippen LogP) is 3.02. The zero-order chi connectivity index (χ0) is 24.7. The number of esters is 1. The van der Waals surface area contributed by atoms with Crippen LogP contribution in [0.2, 0.25) is 0 Å². The molecular weight excluding hydrogens is 468 g/mol. The quantitative estimate of drug-likeness (QED) is 0.495. The summed E-state index contributed by atoms with van der Waals surface area (Å²) in [5.74, 6) is -2.10. The topological polar surface area (TPSA) is 72.3 Å². The molecule has 3 unspecified atom stereocenters. The molecule has 3 atom stereocenters. The van der Waals surface area contributed by atoms with E-state index in [-0.39, 0.29) is 5.92 Å². The van der Waals surface area contributed by atoms with Gasteiger partial charge in [0.25, 0.3) is 6.10 Å². The lowest BCUT2D eigenvalue weighted by Gasteiger charge is -2.26. The van der Waals surface area contributed by atoms with Gasteiger partial charge in [-0.25, -0.2) is 0 Å². The van der Waals surface area contributed by atoms with Gasteiger partial charge >= 0.3 is 18.3 Å². The van der Waals surface area contributed by atoms with Crippen LogP contribution in [0.25, 0.3) is 11.3 Å². The van der Waals surface area contributed by atoms with E-state index >= 15 is 0 Å². The molecule has 0 bridgehead atoms. The maximum Gasteiger partial charge on any atom is 0.434 e. The lowest BCUT2D eigenvalue weighted by atomic mass is 9.94. The Morgan fingerprint density at radius 2 is 1.97 bits per heavy atom. The van der Waals surface area contributed by atoms with Crippen molar-refractivity contribution in [2.75, 3.05) is 19.6 Å².